The van der Waals surface area contributed by atoms with Crippen LogP contribution in [0, 0.1) is 0 Å². The van der Waals surface area contributed by atoms with Crippen LogP contribution < -0.4 is 5.32 Å². The van der Waals surface area contributed by atoms with Gasteiger partial charge in [0.1, 0.15) is 0 Å². The maximum absolute atomic E-state index is 11.8. The van der Waals surface area contributed by atoms with Gasteiger partial charge in [-0.05, 0) is 27.7 Å². The second kappa shape index (κ2) is 5.45. The number of amides is 1. The van der Waals surface area contributed by atoms with Gasteiger partial charge in [0.25, 0.3) is 11.5 Å². The number of rotatable bonds is 6. The van der Waals surface area contributed by atoms with E-state index in [0.717, 1.165) is 0 Å². The van der Waals surface area contributed by atoms with Crippen molar-refractivity contribution >= 4 is 23.4 Å². The second-order valence-electron chi connectivity index (χ2n) is 4.47. The number of ketones is 2. The van der Waals surface area contributed by atoms with E-state index < -0.39 is 40.7 Å². The standard InChI is InChI=1S/C11H17NO7/c1-5(2)12-8(15)10(18,6(3)13)11(19,7(4)14)9(16)17/h5,18-19H,1-4H3,(H,12,15)(H,16,17). The van der Waals surface area contributed by atoms with Crippen molar-refractivity contribution in [3.05, 3.63) is 0 Å². The van der Waals surface area contributed by atoms with E-state index in [1.54, 1.807) is 0 Å². The second-order valence-corrected chi connectivity index (χ2v) is 4.47. The molecule has 0 spiro atoms. The first-order valence-electron chi connectivity index (χ1n) is 5.43. The van der Waals surface area contributed by atoms with E-state index in [1.807, 2.05) is 0 Å². The molecule has 108 valence electrons. The van der Waals surface area contributed by atoms with Gasteiger partial charge in [-0.1, -0.05) is 0 Å². The Morgan fingerprint density at radius 1 is 0.947 bits per heavy atom. The maximum atomic E-state index is 11.8. The molecule has 0 aliphatic rings. The molecule has 0 aromatic heterocycles. The van der Waals surface area contributed by atoms with E-state index in [4.69, 9.17) is 5.11 Å². The van der Waals surface area contributed by atoms with Crippen LogP contribution in [0.25, 0.3) is 0 Å². The van der Waals surface area contributed by atoms with Gasteiger partial charge in [-0.15, -0.1) is 0 Å². The highest BCUT2D eigenvalue weighted by Gasteiger charge is 2.66. The van der Waals surface area contributed by atoms with Crippen molar-refractivity contribution in [1.29, 1.82) is 0 Å². The topological polar surface area (TPSA) is 141 Å². The van der Waals surface area contributed by atoms with Gasteiger partial charge in [-0.25, -0.2) is 4.79 Å². The molecule has 0 saturated carbocycles. The quantitative estimate of drug-likeness (QED) is 0.420. The zero-order valence-electron chi connectivity index (χ0n) is 11.1. The number of aliphatic carboxylic acids is 1. The minimum Gasteiger partial charge on any atom is -0.479 e. The summed E-state index contributed by atoms with van der Waals surface area (Å²) in [6, 6.07) is -0.539. The Morgan fingerprint density at radius 3 is 1.53 bits per heavy atom. The van der Waals surface area contributed by atoms with Crippen molar-refractivity contribution in [3.63, 3.8) is 0 Å². The Hall–Kier alpha value is -1.80. The van der Waals surface area contributed by atoms with Crippen LogP contribution in [0.4, 0.5) is 0 Å². The van der Waals surface area contributed by atoms with Gasteiger partial charge in [0.2, 0.25) is 5.60 Å². The smallest absolute Gasteiger partial charge is 0.347 e. The van der Waals surface area contributed by atoms with Gasteiger partial charge in [0.05, 0.1) is 0 Å². The largest absolute Gasteiger partial charge is 0.479 e. The summed E-state index contributed by atoms with van der Waals surface area (Å²) in [7, 11) is 0. The zero-order chi connectivity index (χ0) is 15.6. The average molecular weight is 275 g/mol. The number of Topliss-reactive ketones (excluding diaryl/α,β-unsaturated/α-hetero) is 2. The number of aliphatic hydroxyl groups is 2. The molecule has 0 heterocycles. The van der Waals surface area contributed by atoms with E-state index in [1.165, 1.54) is 13.8 Å². The van der Waals surface area contributed by atoms with Gasteiger partial charge in [-0.3, -0.25) is 14.4 Å². The highest BCUT2D eigenvalue weighted by atomic mass is 16.4. The van der Waals surface area contributed by atoms with Gasteiger partial charge < -0.3 is 20.6 Å². The molecule has 0 rings (SSSR count). The van der Waals surface area contributed by atoms with Gasteiger partial charge in [0.15, 0.2) is 11.6 Å². The third-order valence-corrected chi connectivity index (χ3v) is 2.60. The number of hydrogen-bond acceptors (Lipinski definition) is 6. The highest BCUT2D eigenvalue weighted by molar-refractivity contribution is 6.22. The van der Waals surface area contributed by atoms with Crippen molar-refractivity contribution in [2.75, 3.05) is 0 Å². The molecule has 0 bridgehead atoms. The lowest BCUT2D eigenvalue weighted by Crippen LogP contribution is -2.73. The number of nitrogens with one attached hydrogen (secondary N) is 1. The summed E-state index contributed by atoms with van der Waals surface area (Å²) in [5, 5.41) is 30.9. The summed E-state index contributed by atoms with van der Waals surface area (Å²) in [4.78, 5) is 45.6. The number of carbonyl (C=O) groups is 4. The summed E-state index contributed by atoms with van der Waals surface area (Å²) in [5.41, 5.74) is -6.94. The summed E-state index contributed by atoms with van der Waals surface area (Å²) >= 11 is 0. The highest BCUT2D eigenvalue weighted by Crippen LogP contribution is 2.26. The van der Waals surface area contributed by atoms with Crippen LogP contribution in [0.1, 0.15) is 27.7 Å². The lowest BCUT2D eigenvalue weighted by molar-refractivity contribution is -0.199. The first-order valence-corrected chi connectivity index (χ1v) is 5.43. The fourth-order valence-corrected chi connectivity index (χ4v) is 1.51. The van der Waals surface area contributed by atoms with Crippen molar-refractivity contribution in [2.45, 2.75) is 44.9 Å². The summed E-state index contributed by atoms with van der Waals surface area (Å²) in [6.07, 6.45) is 0. The number of hydrogen-bond donors (Lipinski definition) is 4. The molecule has 0 aliphatic carbocycles. The lowest BCUT2D eigenvalue weighted by Gasteiger charge is -2.35. The maximum Gasteiger partial charge on any atom is 0.347 e. The van der Waals surface area contributed by atoms with Crippen LogP contribution in [0.5, 0.6) is 0 Å². The molecule has 0 aromatic rings. The molecular formula is C11H17NO7. The molecule has 2 unspecified atom stereocenters. The lowest BCUT2D eigenvalue weighted by atomic mass is 9.76. The van der Waals surface area contributed by atoms with E-state index >= 15 is 0 Å². The molecule has 2 atom stereocenters. The molecule has 19 heavy (non-hydrogen) atoms. The third-order valence-electron chi connectivity index (χ3n) is 2.60. The van der Waals surface area contributed by atoms with Crippen LogP contribution in [-0.4, -0.2) is 56.0 Å². The van der Waals surface area contributed by atoms with Gasteiger partial charge in [-0.2, -0.15) is 0 Å². The molecule has 8 nitrogen and oxygen atoms in total. The fraction of sp³-hybridized carbons (Fsp3) is 0.636. The van der Waals surface area contributed by atoms with Crippen LogP contribution in [0.3, 0.4) is 0 Å². The molecule has 0 aromatic carbocycles. The SMILES string of the molecule is CC(=O)C(O)(C(=O)O)C(O)(C(C)=O)C(=O)NC(C)C. The van der Waals surface area contributed by atoms with Crippen molar-refractivity contribution < 1.29 is 34.5 Å². The Bertz CT molecular complexity index is 415. The van der Waals surface area contributed by atoms with Gasteiger partial charge in [0, 0.05) is 6.04 Å². The zero-order valence-corrected chi connectivity index (χ0v) is 11.1. The van der Waals surface area contributed by atoms with E-state index in [9.17, 15) is 29.4 Å². The van der Waals surface area contributed by atoms with Crippen LogP contribution >= 0.6 is 0 Å². The minimum absolute atomic E-state index is 0.539. The molecule has 0 radical (unpaired) electrons. The van der Waals surface area contributed by atoms with Crippen LogP contribution in [0.15, 0.2) is 0 Å². The van der Waals surface area contributed by atoms with E-state index in [-0.39, 0.29) is 0 Å². The summed E-state index contributed by atoms with van der Waals surface area (Å²) < 4.78 is 0. The van der Waals surface area contributed by atoms with Gasteiger partial charge >= 0.3 is 5.97 Å². The third kappa shape index (κ3) is 2.64. The van der Waals surface area contributed by atoms with E-state index in [0.29, 0.717) is 13.8 Å². The molecule has 1 amide bonds. The fourth-order valence-electron chi connectivity index (χ4n) is 1.51. The first kappa shape index (κ1) is 17.2. The first-order chi connectivity index (χ1) is 8.42. The molecule has 0 saturated heterocycles. The Kier molecular flexibility index (Phi) is 4.94. The molecule has 4 N–H and O–H groups in total. The van der Waals surface area contributed by atoms with Crippen molar-refractivity contribution in [3.8, 4) is 0 Å². The Balaban J connectivity index is 6.03. The van der Waals surface area contributed by atoms with E-state index in [2.05, 4.69) is 5.32 Å². The number of carbonyl (C=O) groups excluding carboxylic acids is 3. The van der Waals surface area contributed by atoms with Crippen molar-refractivity contribution in [1.82, 2.24) is 5.32 Å². The normalized spacial score (nSPS) is 17.2. The Labute approximate surface area is 109 Å². The minimum atomic E-state index is -3.54. The number of carboxylic acid groups (broad SMARTS) is 1. The number of carboxylic acids is 1. The van der Waals surface area contributed by atoms with Crippen LogP contribution in [-0.2, 0) is 19.2 Å². The molecule has 0 fully saturated rings. The predicted octanol–water partition coefficient (Wildman–Crippen LogP) is -1.76. The molecule has 8 heteroatoms. The van der Waals surface area contributed by atoms with Crippen molar-refractivity contribution in [2.24, 2.45) is 0 Å². The monoisotopic (exact) mass is 275 g/mol. The summed E-state index contributed by atoms with van der Waals surface area (Å²) in [6.45, 7) is 4.35. The Morgan fingerprint density at radius 2 is 1.32 bits per heavy atom. The molecule has 0 aliphatic heterocycles. The predicted molar refractivity (Wildman–Crippen MR) is 62.2 cm³/mol. The average Bonchev–Trinajstić information content (AvgIpc) is 2.24. The van der Waals surface area contributed by atoms with Crippen LogP contribution in [0.2, 0.25) is 0 Å². The molecular weight excluding hydrogens is 258 g/mol. The summed E-state index contributed by atoms with van der Waals surface area (Å²) in [5.74, 6) is -6.42.